The van der Waals surface area contributed by atoms with Gasteiger partial charge in [-0.2, -0.15) is 0 Å². The van der Waals surface area contributed by atoms with Crippen LogP contribution in [-0.4, -0.2) is 43.7 Å². The standard InChI is InChI=1S/C15H20N2O4/c1-3-7-17(8-6-15(19)20)11-4-5-13-12(9-11)16(2)14(18)10-21-13/h4-5,9H,3,6-8,10H2,1-2H3,(H,19,20). The van der Waals surface area contributed by atoms with Gasteiger partial charge in [0.2, 0.25) is 0 Å². The van der Waals surface area contributed by atoms with E-state index in [9.17, 15) is 9.59 Å². The van der Waals surface area contributed by atoms with Crippen molar-refractivity contribution in [2.45, 2.75) is 19.8 Å². The van der Waals surface area contributed by atoms with Gasteiger partial charge in [0, 0.05) is 25.8 Å². The number of amides is 1. The molecule has 21 heavy (non-hydrogen) atoms. The van der Waals surface area contributed by atoms with Crippen LogP contribution in [-0.2, 0) is 9.59 Å². The van der Waals surface area contributed by atoms with E-state index in [-0.39, 0.29) is 18.9 Å². The number of hydrogen-bond donors (Lipinski definition) is 1. The second kappa shape index (κ2) is 6.47. The van der Waals surface area contributed by atoms with Crippen molar-refractivity contribution in [2.75, 3.05) is 36.5 Å². The van der Waals surface area contributed by atoms with Gasteiger partial charge in [-0.3, -0.25) is 9.59 Å². The van der Waals surface area contributed by atoms with Crippen LogP contribution in [0.3, 0.4) is 0 Å². The Labute approximate surface area is 123 Å². The van der Waals surface area contributed by atoms with E-state index in [0.29, 0.717) is 12.3 Å². The summed E-state index contributed by atoms with van der Waals surface area (Å²) in [6.07, 6.45) is 1.00. The van der Waals surface area contributed by atoms with Gasteiger partial charge in [-0.1, -0.05) is 6.92 Å². The molecule has 0 atom stereocenters. The average Bonchev–Trinajstić information content (AvgIpc) is 2.47. The highest BCUT2D eigenvalue weighted by Gasteiger charge is 2.23. The first kappa shape index (κ1) is 15.2. The zero-order chi connectivity index (χ0) is 15.4. The zero-order valence-corrected chi connectivity index (χ0v) is 12.3. The molecule has 0 aromatic heterocycles. The summed E-state index contributed by atoms with van der Waals surface area (Å²) >= 11 is 0. The highest BCUT2D eigenvalue weighted by atomic mass is 16.5. The minimum atomic E-state index is -0.815. The van der Waals surface area contributed by atoms with E-state index in [1.54, 1.807) is 11.9 Å². The van der Waals surface area contributed by atoms with E-state index < -0.39 is 5.97 Å². The largest absolute Gasteiger partial charge is 0.482 e. The molecule has 1 amide bonds. The molecule has 1 aliphatic rings. The van der Waals surface area contributed by atoms with E-state index in [4.69, 9.17) is 9.84 Å². The quantitative estimate of drug-likeness (QED) is 0.864. The number of anilines is 2. The maximum Gasteiger partial charge on any atom is 0.305 e. The fourth-order valence-electron chi connectivity index (χ4n) is 2.33. The molecule has 0 spiro atoms. The first-order chi connectivity index (χ1) is 10.0. The molecule has 1 aromatic carbocycles. The number of carboxylic acid groups (broad SMARTS) is 1. The van der Waals surface area contributed by atoms with Gasteiger partial charge in [0.15, 0.2) is 6.61 Å². The van der Waals surface area contributed by atoms with Crippen LogP contribution in [0.2, 0.25) is 0 Å². The number of carbonyl (C=O) groups excluding carboxylic acids is 1. The normalized spacial score (nSPS) is 13.6. The maximum atomic E-state index is 11.7. The number of nitrogens with zero attached hydrogens (tertiary/aromatic N) is 2. The lowest BCUT2D eigenvalue weighted by atomic mass is 10.2. The molecule has 1 aliphatic heterocycles. The van der Waals surface area contributed by atoms with Crippen LogP contribution >= 0.6 is 0 Å². The first-order valence-electron chi connectivity index (χ1n) is 7.03. The van der Waals surface area contributed by atoms with Gasteiger partial charge in [0.1, 0.15) is 5.75 Å². The number of benzene rings is 1. The minimum absolute atomic E-state index is 0.0561. The Kier molecular flexibility index (Phi) is 4.67. The fourth-order valence-corrected chi connectivity index (χ4v) is 2.33. The Balaban J connectivity index is 2.25. The molecule has 0 fully saturated rings. The first-order valence-corrected chi connectivity index (χ1v) is 7.03. The topological polar surface area (TPSA) is 70.1 Å². The Bertz CT molecular complexity index is 544. The van der Waals surface area contributed by atoms with Crippen LogP contribution in [0.25, 0.3) is 0 Å². The molecule has 0 bridgehead atoms. The number of ether oxygens (including phenoxy) is 1. The van der Waals surface area contributed by atoms with E-state index in [2.05, 4.69) is 0 Å². The molecule has 0 aliphatic carbocycles. The number of hydrogen-bond acceptors (Lipinski definition) is 4. The molecular weight excluding hydrogens is 272 g/mol. The van der Waals surface area contributed by atoms with Crippen LogP contribution in [0.4, 0.5) is 11.4 Å². The summed E-state index contributed by atoms with van der Waals surface area (Å²) < 4.78 is 5.40. The van der Waals surface area contributed by atoms with Crippen molar-refractivity contribution in [3.8, 4) is 5.75 Å². The van der Waals surface area contributed by atoms with Crippen LogP contribution in [0, 0.1) is 0 Å². The third-order valence-corrected chi connectivity index (χ3v) is 3.48. The lowest BCUT2D eigenvalue weighted by Gasteiger charge is -2.29. The molecule has 1 aromatic rings. The van der Waals surface area contributed by atoms with E-state index in [0.717, 1.165) is 24.3 Å². The van der Waals surface area contributed by atoms with Crippen LogP contribution in [0.15, 0.2) is 18.2 Å². The van der Waals surface area contributed by atoms with Gasteiger partial charge < -0.3 is 19.6 Å². The smallest absolute Gasteiger partial charge is 0.305 e. The summed E-state index contributed by atoms with van der Waals surface area (Å²) in [5.41, 5.74) is 1.63. The summed E-state index contributed by atoms with van der Waals surface area (Å²) in [5, 5.41) is 8.85. The second-order valence-electron chi connectivity index (χ2n) is 5.02. The predicted molar refractivity (Wildman–Crippen MR) is 80.1 cm³/mol. The van der Waals surface area contributed by atoms with Crippen LogP contribution in [0.1, 0.15) is 19.8 Å². The van der Waals surface area contributed by atoms with Crippen molar-refractivity contribution in [3.63, 3.8) is 0 Å². The summed E-state index contributed by atoms with van der Waals surface area (Å²) in [6.45, 7) is 3.32. The number of rotatable bonds is 6. The molecule has 1 N–H and O–H groups in total. The zero-order valence-electron chi connectivity index (χ0n) is 12.3. The summed E-state index contributed by atoms with van der Waals surface area (Å²) in [4.78, 5) is 26.0. The highest BCUT2D eigenvalue weighted by molar-refractivity contribution is 5.97. The third kappa shape index (κ3) is 3.45. The Morgan fingerprint density at radius 1 is 1.43 bits per heavy atom. The molecule has 1 heterocycles. The van der Waals surface area contributed by atoms with Crippen LogP contribution in [0.5, 0.6) is 5.75 Å². The Morgan fingerprint density at radius 2 is 2.19 bits per heavy atom. The van der Waals surface area contributed by atoms with Crippen molar-refractivity contribution in [2.24, 2.45) is 0 Å². The molecule has 6 heteroatoms. The van der Waals surface area contributed by atoms with Gasteiger partial charge in [-0.25, -0.2) is 0 Å². The van der Waals surface area contributed by atoms with Crippen molar-refractivity contribution in [1.29, 1.82) is 0 Å². The Hall–Kier alpha value is -2.24. The molecule has 2 rings (SSSR count). The van der Waals surface area contributed by atoms with E-state index in [1.165, 1.54) is 0 Å². The summed E-state index contributed by atoms with van der Waals surface area (Å²) in [6, 6.07) is 5.61. The summed E-state index contributed by atoms with van der Waals surface area (Å²) in [5.74, 6) is -0.229. The third-order valence-electron chi connectivity index (χ3n) is 3.48. The van der Waals surface area contributed by atoms with E-state index >= 15 is 0 Å². The Morgan fingerprint density at radius 3 is 2.86 bits per heavy atom. The summed E-state index contributed by atoms with van der Waals surface area (Å²) in [7, 11) is 1.72. The molecule has 0 saturated heterocycles. The van der Waals surface area contributed by atoms with Gasteiger partial charge in [0.05, 0.1) is 12.1 Å². The van der Waals surface area contributed by atoms with E-state index in [1.807, 2.05) is 30.0 Å². The molecule has 0 saturated carbocycles. The molecule has 0 unspecified atom stereocenters. The molecule has 6 nitrogen and oxygen atoms in total. The maximum absolute atomic E-state index is 11.7. The number of carboxylic acids is 1. The average molecular weight is 292 g/mol. The molecular formula is C15H20N2O4. The number of carbonyl (C=O) groups is 2. The minimum Gasteiger partial charge on any atom is -0.482 e. The van der Waals surface area contributed by atoms with Gasteiger partial charge in [-0.05, 0) is 24.6 Å². The SMILES string of the molecule is CCCN(CCC(=O)O)c1ccc2c(c1)N(C)C(=O)CO2. The van der Waals surface area contributed by atoms with Gasteiger partial charge >= 0.3 is 5.97 Å². The number of likely N-dealkylation sites (N-methyl/N-ethyl adjacent to an activating group) is 1. The van der Waals surface area contributed by atoms with Crippen molar-refractivity contribution in [3.05, 3.63) is 18.2 Å². The van der Waals surface area contributed by atoms with Gasteiger partial charge in [0.25, 0.3) is 5.91 Å². The van der Waals surface area contributed by atoms with Crippen LogP contribution < -0.4 is 14.5 Å². The predicted octanol–water partition coefficient (Wildman–Crippen LogP) is 1.73. The van der Waals surface area contributed by atoms with Crippen molar-refractivity contribution >= 4 is 23.3 Å². The van der Waals surface area contributed by atoms with Crippen molar-refractivity contribution < 1.29 is 19.4 Å². The second-order valence-corrected chi connectivity index (χ2v) is 5.02. The lowest BCUT2D eigenvalue weighted by Crippen LogP contribution is -2.35. The molecule has 0 radical (unpaired) electrons. The lowest BCUT2D eigenvalue weighted by molar-refractivity contribution is -0.136. The van der Waals surface area contributed by atoms with Crippen molar-refractivity contribution in [1.82, 2.24) is 0 Å². The molecule has 114 valence electrons. The monoisotopic (exact) mass is 292 g/mol. The van der Waals surface area contributed by atoms with Gasteiger partial charge in [-0.15, -0.1) is 0 Å². The fraction of sp³-hybridized carbons (Fsp3) is 0.467. The number of fused-ring (bicyclic) bond motifs is 1. The number of aliphatic carboxylic acids is 1. The highest BCUT2D eigenvalue weighted by Crippen LogP contribution is 2.34.